The van der Waals surface area contributed by atoms with Gasteiger partial charge in [-0.3, -0.25) is 4.79 Å². The van der Waals surface area contributed by atoms with Gasteiger partial charge < -0.3 is 19.7 Å². The predicted octanol–water partition coefficient (Wildman–Crippen LogP) is 3.17. The van der Waals surface area contributed by atoms with Crippen LogP contribution in [-0.2, 0) is 9.53 Å². The highest BCUT2D eigenvalue weighted by Crippen LogP contribution is 2.35. The van der Waals surface area contributed by atoms with Crippen LogP contribution in [0.4, 0.5) is 11.5 Å². The Morgan fingerprint density at radius 3 is 2.66 bits per heavy atom. The maximum atomic E-state index is 12.3. The van der Waals surface area contributed by atoms with Gasteiger partial charge in [-0.25, -0.2) is 4.68 Å². The molecule has 0 unspecified atom stereocenters. The van der Waals surface area contributed by atoms with E-state index in [4.69, 9.17) is 14.6 Å². The fraction of sp³-hybridized carbons (Fsp3) is 0.333. The Morgan fingerprint density at radius 1 is 1.21 bits per heavy atom. The fourth-order valence-electron chi connectivity index (χ4n) is 3.53. The van der Waals surface area contributed by atoms with Gasteiger partial charge in [0.05, 0.1) is 48.4 Å². The fourth-order valence-corrected chi connectivity index (χ4v) is 3.86. The highest BCUT2D eigenvalue weighted by atomic mass is 32.2. The number of morpholine rings is 1. The molecule has 152 valence electrons. The predicted molar refractivity (Wildman–Crippen MR) is 118 cm³/mol. The van der Waals surface area contributed by atoms with Gasteiger partial charge in [0.15, 0.2) is 5.82 Å². The molecule has 8 heteroatoms. The van der Waals surface area contributed by atoms with Gasteiger partial charge in [0.25, 0.3) is 0 Å². The summed E-state index contributed by atoms with van der Waals surface area (Å²) >= 11 is 1.49. The molecule has 0 aliphatic carbocycles. The van der Waals surface area contributed by atoms with Crippen LogP contribution in [0, 0.1) is 0 Å². The lowest BCUT2D eigenvalue weighted by Crippen LogP contribution is -2.36. The third-order valence-electron chi connectivity index (χ3n) is 4.89. The van der Waals surface area contributed by atoms with Crippen LogP contribution < -0.4 is 15.0 Å². The Kier molecular flexibility index (Phi) is 5.92. The van der Waals surface area contributed by atoms with E-state index in [1.807, 2.05) is 47.3 Å². The zero-order chi connectivity index (χ0) is 20.2. The molecule has 1 fully saturated rings. The topological polar surface area (TPSA) is 68.6 Å². The van der Waals surface area contributed by atoms with E-state index in [0.717, 1.165) is 41.1 Å². The second-order valence-electron chi connectivity index (χ2n) is 6.71. The van der Waals surface area contributed by atoms with Crippen molar-refractivity contribution in [2.45, 2.75) is 0 Å². The Balaban J connectivity index is 1.84. The highest BCUT2D eigenvalue weighted by molar-refractivity contribution is 7.99. The third kappa shape index (κ3) is 4.04. The number of aromatic nitrogens is 2. The maximum Gasteiger partial charge on any atom is 0.235 e. The second-order valence-corrected chi connectivity index (χ2v) is 7.58. The number of amides is 1. The highest BCUT2D eigenvalue weighted by Gasteiger charge is 2.21. The van der Waals surface area contributed by atoms with E-state index in [2.05, 4.69) is 16.3 Å². The molecule has 2 heterocycles. The summed E-state index contributed by atoms with van der Waals surface area (Å²) in [6.45, 7) is 3.00. The Labute approximate surface area is 174 Å². The standard InChI is InChI=1S/C21H24N4O3S/c1-27-16-8-6-15(7-9-16)25-18-5-3-4-17(24-10-12-28-13-11-24)20(18)21(23-25)22-19(26)14-29-2/h3-9H,10-14H2,1-2H3,(H,22,23,26). The molecule has 29 heavy (non-hydrogen) atoms. The number of benzene rings is 2. The van der Waals surface area contributed by atoms with E-state index in [1.165, 1.54) is 11.8 Å². The lowest BCUT2D eigenvalue weighted by Gasteiger charge is -2.29. The molecule has 2 aromatic carbocycles. The van der Waals surface area contributed by atoms with E-state index < -0.39 is 0 Å². The number of fused-ring (bicyclic) bond motifs is 1. The molecule has 0 spiro atoms. The van der Waals surface area contributed by atoms with Crippen molar-refractivity contribution < 1.29 is 14.3 Å². The van der Waals surface area contributed by atoms with Crippen LogP contribution in [0.25, 0.3) is 16.6 Å². The molecule has 1 saturated heterocycles. The molecule has 1 aromatic heterocycles. The van der Waals surface area contributed by atoms with Crippen molar-refractivity contribution in [3.63, 3.8) is 0 Å². The minimum atomic E-state index is -0.0597. The summed E-state index contributed by atoms with van der Waals surface area (Å²) in [5, 5.41) is 8.72. The summed E-state index contributed by atoms with van der Waals surface area (Å²) in [7, 11) is 1.65. The van der Waals surface area contributed by atoms with Gasteiger partial charge in [0.2, 0.25) is 5.91 Å². The molecule has 0 saturated carbocycles. The maximum absolute atomic E-state index is 12.3. The molecule has 3 aromatic rings. The number of ether oxygens (including phenoxy) is 2. The van der Waals surface area contributed by atoms with Crippen molar-refractivity contribution in [1.29, 1.82) is 0 Å². The number of nitrogens with one attached hydrogen (secondary N) is 1. The van der Waals surface area contributed by atoms with Crippen LogP contribution in [0.5, 0.6) is 5.75 Å². The van der Waals surface area contributed by atoms with Gasteiger partial charge in [0, 0.05) is 13.1 Å². The molecular formula is C21H24N4O3S. The molecule has 0 radical (unpaired) electrons. The van der Waals surface area contributed by atoms with E-state index in [0.29, 0.717) is 24.8 Å². The van der Waals surface area contributed by atoms with Crippen LogP contribution in [0.15, 0.2) is 42.5 Å². The first kappa shape index (κ1) is 19.6. The zero-order valence-electron chi connectivity index (χ0n) is 16.6. The number of rotatable bonds is 6. The molecule has 4 rings (SSSR count). The van der Waals surface area contributed by atoms with Crippen molar-refractivity contribution >= 4 is 40.1 Å². The van der Waals surface area contributed by atoms with Crippen LogP contribution in [0.1, 0.15) is 0 Å². The van der Waals surface area contributed by atoms with Gasteiger partial charge in [-0.15, -0.1) is 5.10 Å². The van der Waals surface area contributed by atoms with Crippen molar-refractivity contribution in [1.82, 2.24) is 9.78 Å². The zero-order valence-corrected chi connectivity index (χ0v) is 17.4. The number of methoxy groups -OCH3 is 1. The first-order valence-electron chi connectivity index (χ1n) is 9.49. The summed E-state index contributed by atoms with van der Waals surface area (Å²) in [5.74, 6) is 1.69. The normalized spacial score (nSPS) is 14.2. The molecule has 7 nitrogen and oxygen atoms in total. The lowest BCUT2D eigenvalue weighted by molar-refractivity contribution is -0.113. The monoisotopic (exact) mass is 412 g/mol. The lowest BCUT2D eigenvalue weighted by atomic mass is 10.1. The number of thioether (sulfide) groups is 1. The van der Waals surface area contributed by atoms with Gasteiger partial charge in [-0.05, 0) is 42.7 Å². The number of nitrogens with zero attached hydrogens (tertiary/aromatic N) is 3. The summed E-state index contributed by atoms with van der Waals surface area (Å²) in [4.78, 5) is 14.6. The smallest absolute Gasteiger partial charge is 0.235 e. The van der Waals surface area contributed by atoms with Gasteiger partial charge in [-0.2, -0.15) is 11.8 Å². The summed E-state index contributed by atoms with van der Waals surface area (Å²) < 4.78 is 12.6. The number of anilines is 2. The van der Waals surface area contributed by atoms with Gasteiger partial charge in [0.1, 0.15) is 5.75 Å². The average molecular weight is 413 g/mol. The molecule has 1 amide bonds. The van der Waals surface area contributed by atoms with Crippen LogP contribution in [0.3, 0.4) is 0 Å². The number of hydrogen-bond donors (Lipinski definition) is 1. The van der Waals surface area contributed by atoms with Crippen LogP contribution >= 0.6 is 11.8 Å². The first-order valence-corrected chi connectivity index (χ1v) is 10.9. The van der Waals surface area contributed by atoms with Crippen molar-refractivity contribution in [3.05, 3.63) is 42.5 Å². The Morgan fingerprint density at radius 2 is 1.97 bits per heavy atom. The van der Waals surface area contributed by atoms with E-state index in [-0.39, 0.29) is 5.91 Å². The van der Waals surface area contributed by atoms with Crippen LogP contribution in [-0.4, -0.2) is 61.1 Å². The first-order chi connectivity index (χ1) is 14.2. The Hall–Kier alpha value is -2.71. The summed E-state index contributed by atoms with van der Waals surface area (Å²) in [6.07, 6.45) is 1.91. The molecule has 1 aliphatic heterocycles. The molecule has 1 aliphatic rings. The second kappa shape index (κ2) is 8.75. The van der Waals surface area contributed by atoms with Crippen molar-refractivity contribution in [3.8, 4) is 11.4 Å². The van der Waals surface area contributed by atoms with E-state index in [9.17, 15) is 4.79 Å². The Bertz CT molecular complexity index is 997. The van der Waals surface area contributed by atoms with Crippen molar-refractivity contribution in [2.75, 3.05) is 55.6 Å². The minimum absolute atomic E-state index is 0.0597. The molecule has 0 bridgehead atoms. The summed E-state index contributed by atoms with van der Waals surface area (Å²) in [6, 6.07) is 13.9. The average Bonchev–Trinajstić information content (AvgIpc) is 3.13. The van der Waals surface area contributed by atoms with E-state index >= 15 is 0 Å². The summed E-state index contributed by atoms with van der Waals surface area (Å²) in [5.41, 5.74) is 2.91. The third-order valence-corrected chi connectivity index (χ3v) is 5.44. The SMILES string of the molecule is COc1ccc(-n2nc(NC(=O)CSC)c3c(N4CCOCC4)cccc32)cc1. The number of carbonyl (C=O) groups is 1. The number of carbonyl (C=O) groups excluding carboxylic acids is 1. The van der Waals surface area contributed by atoms with Gasteiger partial charge in [-0.1, -0.05) is 6.07 Å². The van der Waals surface area contributed by atoms with Crippen molar-refractivity contribution in [2.24, 2.45) is 0 Å². The largest absolute Gasteiger partial charge is 0.497 e. The number of hydrogen-bond acceptors (Lipinski definition) is 6. The quantitative estimate of drug-likeness (QED) is 0.671. The molecular weight excluding hydrogens is 388 g/mol. The minimum Gasteiger partial charge on any atom is -0.497 e. The van der Waals surface area contributed by atoms with E-state index in [1.54, 1.807) is 7.11 Å². The van der Waals surface area contributed by atoms with Gasteiger partial charge >= 0.3 is 0 Å². The van der Waals surface area contributed by atoms with Crippen LogP contribution in [0.2, 0.25) is 0 Å². The molecule has 0 atom stereocenters. The molecule has 1 N–H and O–H groups in total.